The second-order valence-electron chi connectivity index (χ2n) is 2.61. The molecular weight excluding hydrogens is 189 g/mol. The van der Waals surface area contributed by atoms with Crippen LogP contribution in [0.2, 0.25) is 0 Å². The molecule has 0 aromatic heterocycles. The maximum Gasteiger partial charge on any atom is 0.428 e. The van der Waals surface area contributed by atoms with Crippen molar-refractivity contribution in [1.29, 1.82) is 0 Å². The molecule has 0 aliphatic rings. The van der Waals surface area contributed by atoms with E-state index in [2.05, 4.69) is 5.25 Å². The molecule has 0 rings (SSSR count). The summed E-state index contributed by atoms with van der Waals surface area (Å²) in [7, 11) is -0.418. The fourth-order valence-corrected chi connectivity index (χ4v) is 0.675. The lowest BCUT2D eigenvalue weighted by molar-refractivity contribution is -0.228. The van der Waals surface area contributed by atoms with Crippen LogP contribution in [-0.2, 0) is 10.9 Å². The first-order chi connectivity index (χ1) is 5.17. The first-order valence-electron chi connectivity index (χ1n) is 3.06. The summed E-state index contributed by atoms with van der Waals surface area (Å²) in [5.74, 6) is 1.79. The molecule has 12 heavy (non-hydrogen) atoms. The van der Waals surface area contributed by atoms with Crippen LogP contribution in [0, 0.1) is 11.2 Å². The third-order valence-electron chi connectivity index (χ3n) is 1.05. The molecule has 5 heteroatoms. The van der Waals surface area contributed by atoms with Gasteiger partial charge in [-0.3, -0.25) is 0 Å². The van der Waals surface area contributed by atoms with E-state index in [-0.39, 0.29) is 0 Å². The SMILES string of the molecule is C[S+](C)C#CC(C)(O)C(F)(F)F. The van der Waals surface area contributed by atoms with Crippen LogP contribution < -0.4 is 0 Å². The standard InChI is InChI=1S/C7H10F3OS/c1-6(11,7(8,9)10)4-5-12(2)3/h11H,1-3H3/q+1. The van der Waals surface area contributed by atoms with E-state index in [9.17, 15) is 13.2 Å². The van der Waals surface area contributed by atoms with Gasteiger partial charge in [-0.25, -0.2) is 0 Å². The van der Waals surface area contributed by atoms with Crippen molar-refractivity contribution >= 4 is 10.9 Å². The van der Waals surface area contributed by atoms with E-state index >= 15 is 0 Å². The highest BCUT2D eigenvalue weighted by Gasteiger charge is 2.49. The van der Waals surface area contributed by atoms with Crippen molar-refractivity contribution < 1.29 is 18.3 Å². The molecule has 0 aromatic carbocycles. The van der Waals surface area contributed by atoms with Crippen LogP contribution in [0.25, 0.3) is 0 Å². The average Bonchev–Trinajstić information content (AvgIpc) is 1.81. The average molecular weight is 199 g/mol. The van der Waals surface area contributed by atoms with Gasteiger partial charge in [-0.1, -0.05) is 0 Å². The van der Waals surface area contributed by atoms with E-state index in [4.69, 9.17) is 5.11 Å². The highest BCUT2D eigenvalue weighted by Crippen LogP contribution is 2.29. The highest BCUT2D eigenvalue weighted by molar-refractivity contribution is 8.00. The highest BCUT2D eigenvalue weighted by atomic mass is 32.2. The Labute approximate surface area is 72.3 Å². The summed E-state index contributed by atoms with van der Waals surface area (Å²) in [4.78, 5) is 0. The van der Waals surface area contributed by atoms with Gasteiger partial charge in [-0.15, -0.1) is 0 Å². The minimum absolute atomic E-state index is 0.418. The maximum absolute atomic E-state index is 11.9. The third kappa shape index (κ3) is 3.37. The first kappa shape index (κ1) is 11.7. The molecule has 0 saturated carbocycles. The van der Waals surface area contributed by atoms with Gasteiger partial charge in [0.15, 0.2) is 5.25 Å². The molecule has 1 atom stereocenters. The lowest BCUT2D eigenvalue weighted by Gasteiger charge is -2.18. The lowest BCUT2D eigenvalue weighted by atomic mass is 10.1. The molecule has 0 fully saturated rings. The number of hydrogen-bond donors (Lipinski definition) is 1. The van der Waals surface area contributed by atoms with Gasteiger partial charge in [0.25, 0.3) is 0 Å². The summed E-state index contributed by atoms with van der Waals surface area (Å²) in [5, 5.41) is 11.1. The van der Waals surface area contributed by atoms with Crippen molar-refractivity contribution in [3.8, 4) is 11.2 Å². The van der Waals surface area contributed by atoms with Gasteiger partial charge in [0, 0.05) is 0 Å². The van der Waals surface area contributed by atoms with Crippen LogP contribution in [0.15, 0.2) is 0 Å². The molecule has 0 spiro atoms. The maximum atomic E-state index is 11.9. The predicted octanol–water partition coefficient (Wildman–Crippen LogP) is 1.14. The minimum Gasteiger partial charge on any atom is -0.370 e. The van der Waals surface area contributed by atoms with E-state index in [1.165, 1.54) is 0 Å². The summed E-state index contributed by atoms with van der Waals surface area (Å²) in [6, 6.07) is 0. The zero-order valence-corrected chi connectivity index (χ0v) is 7.81. The van der Waals surface area contributed by atoms with E-state index in [0.717, 1.165) is 0 Å². The Bertz CT molecular complexity index is 209. The summed E-state index contributed by atoms with van der Waals surface area (Å²) >= 11 is 0. The Morgan fingerprint density at radius 2 is 1.67 bits per heavy atom. The zero-order chi connectivity index (χ0) is 9.99. The fourth-order valence-electron chi connectivity index (χ4n) is 0.272. The quantitative estimate of drug-likeness (QED) is 0.458. The molecule has 0 aliphatic carbocycles. The number of aliphatic hydroxyl groups is 1. The van der Waals surface area contributed by atoms with Crippen LogP contribution >= 0.6 is 0 Å². The van der Waals surface area contributed by atoms with Gasteiger partial charge in [-0.05, 0) is 12.8 Å². The van der Waals surface area contributed by atoms with Crippen LogP contribution in [0.5, 0.6) is 0 Å². The predicted molar refractivity (Wildman–Crippen MR) is 43.7 cm³/mol. The number of rotatable bonds is 0. The molecule has 1 nitrogen and oxygen atoms in total. The van der Waals surface area contributed by atoms with Crippen LogP contribution in [0.1, 0.15) is 6.92 Å². The van der Waals surface area contributed by atoms with Crippen molar-refractivity contribution in [1.82, 2.24) is 0 Å². The minimum atomic E-state index is -4.68. The summed E-state index contributed by atoms with van der Waals surface area (Å²) in [6.45, 7) is 0.646. The molecule has 1 unspecified atom stereocenters. The molecule has 0 heterocycles. The van der Waals surface area contributed by atoms with Gasteiger partial charge in [0.05, 0.1) is 10.9 Å². The Morgan fingerprint density at radius 3 is 1.92 bits per heavy atom. The number of halogens is 3. The Kier molecular flexibility index (Phi) is 3.48. The molecule has 0 amide bonds. The normalized spacial score (nSPS) is 16.7. The van der Waals surface area contributed by atoms with Gasteiger partial charge in [-0.2, -0.15) is 13.2 Å². The summed E-state index contributed by atoms with van der Waals surface area (Å²) in [5.41, 5.74) is -2.88. The molecule has 0 radical (unpaired) electrons. The van der Waals surface area contributed by atoms with Gasteiger partial charge in [0.2, 0.25) is 5.60 Å². The molecule has 0 saturated heterocycles. The molecule has 0 aliphatic heterocycles. The first-order valence-corrected chi connectivity index (χ1v) is 5.10. The zero-order valence-electron chi connectivity index (χ0n) is 6.99. The molecule has 0 aromatic rings. The summed E-state index contributed by atoms with van der Waals surface area (Å²) in [6.07, 6.45) is -1.32. The van der Waals surface area contributed by atoms with Crippen LogP contribution in [0.4, 0.5) is 13.2 Å². The Balaban J connectivity index is 4.57. The lowest BCUT2D eigenvalue weighted by Crippen LogP contribution is -2.40. The second-order valence-corrected chi connectivity index (χ2v) is 4.45. The van der Waals surface area contributed by atoms with E-state index in [1.54, 1.807) is 18.4 Å². The van der Waals surface area contributed by atoms with E-state index in [1.807, 2.05) is 0 Å². The van der Waals surface area contributed by atoms with Crippen LogP contribution in [-0.4, -0.2) is 29.4 Å². The molecule has 70 valence electrons. The van der Waals surface area contributed by atoms with E-state index in [0.29, 0.717) is 6.92 Å². The summed E-state index contributed by atoms with van der Waals surface area (Å²) < 4.78 is 35.8. The largest absolute Gasteiger partial charge is 0.428 e. The van der Waals surface area contributed by atoms with Crippen molar-refractivity contribution in [3.63, 3.8) is 0 Å². The van der Waals surface area contributed by atoms with E-state index < -0.39 is 22.7 Å². The van der Waals surface area contributed by atoms with Crippen molar-refractivity contribution in [2.24, 2.45) is 0 Å². The molecular formula is C7H10F3OS+. The van der Waals surface area contributed by atoms with Gasteiger partial charge < -0.3 is 5.11 Å². The smallest absolute Gasteiger partial charge is 0.370 e. The monoisotopic (exact) mass is 199 g/mol. The van der Waals surface area contributed by atoms with Crippen molar-refractivity contribution in [2.45, 2.75) is 18.7 Å². The van der Waals surface area contributed by atoms with Gasteiger partial charge >= 0.3 is 6.18 Å². The van der Waals surface area contributed by atoms with Crippen molar-refractivity contribution in [3.05, 3.63) is 0 Å². The Hall–Kier alpha value is -0.340. The topological polar surface area (TPSA) is 20.2 Å². The molecule has 1 N–H and O–H groups in total. The number of hydrogen-bond acceptors (Lipinski definition) is 1. The number of alkyl halides is 3. The second kappa shape index (κ2) is 3.58. The molecule has 0 bridgehead atoms. The van der Waals surface area contributed by atoms with Crippen LogP contribution in [0.3, 0.4) is 0 Å². The Morgan fingerprint density at radius 1 is 1.25 bits per heavy atom. The third-order valence-corrected chi connectivity index (χ3v) is 1.56. The van der Waals surface area contributed by atoms with Gasteiger partial charge in [0.1, 0.15) is 12.5 Å². The fraction of sp³-hybridized carbons (Fsp3) is 0.714. The van der Waals surface area contributed by atoms with Crippen molar-refractivity contribution in [2.75, 3.05) is 12.5 Å².